The maximum atomic E-state index is 11.4. The van der Waals surface area contributed by atoms with Crippen molar-refractivity contribution in [2.24, 2.45) is 0 Å². The molecule has 0 saturated heterocycles. The van der Waals surface area contributed by atoms with Gasteiger partial charge in [0.25, 0.3) is 0 Å². The van der Waals surface area contributed by atoms with Gasteiger partial charge in [-0.3, -0.25) is 4.79 Å². The van der Waals surface area contributed by atoms with E-state index in [0.717, 1.165) is 11.1 Å². The van der Waals surface area contributed by atoms with E-state index >= 15 is 0 Å². The van der Waals surface area contributed by atoms with E-state index in [1.54, 1.807) is 7.11 Å². The SMILES string of the molecule is COCCC(=O)NCc1ccccc1C#CCO. The van der Waals surface area contributed by atoms with Gasteiger partial charge in [0.2, 0.25) is 5.91 Å². The van der Waals surface area contributed by atoms with Gasteiger partial charge in [0, 0.05) is 25.6 Å². The summed E-state index contributed by atoms with van der Waals surface area (Å²) in [5.74, 6) is 5.40. The van der Waals surface area contributed by atoms with Crippen LogP contribution < -0.4 is 5.32 Å². The molecule has 1 amide bonds. The number of carbonyl (C=O) groups excluding carboxylic acids is 1. The van der Waals surface area contributed by atoms with Crippen LogP contribution in [-0.2, 0) is 16.1 Å². The van der Waals surface area contributed by atoms with E-state index in [4.69, 9.17) is 9.84 Å². The molecule has 0 aliphatic carbocycles. The van der Waals surface area contributed by atoms with Crippen LogP contribution in [-0.4, -0.2) is 31.3 Å². The zero-order valence-corrected chi connectivity index (χ0v) is 10.4. The lowest BCUT2D eigenvalue weighted by atomic mass is 10.1. The zero-order valence-electron chi connectivity index (χ0n) is 10.4. The first-order valence-electron chi connectivity index (χ1n) is 5.71. The molecule has 0 aliphatic heterocycles. The minimum atomic E-state index is -0.172. The van der Waals surface area contributed by atoms with Crippen LogP contribution in [0, 0.1) is 11.8 Å². The Kier molecular flexibility index (Phi) is 6.55. The molecule has 18 heavy (non-hydrogen) atoms. The van der Waals surface area contributed by atoms with Gasteiger partial charge in [-0.1, -0.05) is 30.0 Å². The van der Waals surface area contributed by atoms with Crippen molar-refractivity contribution < 1.29 is 14.6 Å². The number of ether oxygens (including phenoxy) is 1. The highest BCUT2D eigenvalue weighted by Gasteiger charge is 2.03. The summed E-state index contributed by atoms with van der Waals surface area (Å²) < 4.78 is 4.83. The number of aliphatic hydroxyl groups excluding tert-OH is 1. The summed E-state index contributed by atoms with van der Waals surface area (Å²) in [7, 11) is 1.56. The van der Waals surface area contributed by atoms with Crippen molar-refractivity contribution in [2.75, 3.05) is 20.3 Å². The van der Waals surface area contributed by atoms with Gasteiger partial charge in [-0.15, -0.1) is 0 Å². The number of nitrogens with one attached hydrogen (secondary N) is 1. The molecule has 4 nitrogen and oxygen atoms in total. The molecule has 0 bridgehead atoms. The summed E-state index contributed by atoms with van der Waals surface area (Å²) in [6.45, 7) is 0.672. The third-order valence-electron chi connectivity index (χ3n) is 2.33. The topological polar surface area (TPSA) is 58.6 Å². The van der Waals surface area contributed by atoms with Gasteiger partial charge in [-0.25, -0.2) is 0 Å². The molecular formula is C14H17NO3. The first-order chi connectivity index (χ1) is 8.77. The molecular weight excluding hydrogens is 230 g/mol. The Morgan fingerprint density at radius 1 is 1.44 bits per heavy atom. The first-order valence-corrected chi connectivity index (χ1v) is 5.71. The van der Waals surface area contributed by atoms with Crippen molar-refractivity contribution in [3.05, 3.63) is 35.4 Å². The second kappa shape index (κ2) is 8.29. The van der Waals surface area contributed by atoms with Crippen LogP contribution in [0.3, 0.4) is 0 Å². The van der Waals surface area contributed by atoms with E-state index in [1.165, 1.54) is 0 Å². The second-order valence-electron chi connectivity index (χ2n) is 3.64. The first kappa shape index (κ1) is 14.2. The number of hydrogen-bond donors (Lipinski definition) is 2. The summed E-state index contributed by atoms with van der Waals surface area (Å²) in [6.07, 6.45) is 0.348. The van der Waals surface area contributed by atoms with Gasteiger partial charge < -0.3 is 15.2 Å². The third kappa shape index (κ3) is 5.00. The van der Waals surface area contributed by atoms with E-state index in [-0.39, 0.29) is 12.5 Å². The fraction of sp³-hybridized carbons (Fsp3) is 0.357. The largest absolute Gasteiger partial charge is 0.384 e. The molecule has 0 atom stereocenters. The number of aliphatic hydroxyl groups is 1. The molecule has 1 aromatic carbocycles. The van der Waals surface area contributed by atoms with E-state index in [0.29, 0.717) is 19.6 Å². The van der Waals surface area contributed by atoms with Crippen molar-refractivity contribution in [3.63, 3.8) is 0 Å². The number of hydrogen-bond acceptors (Lipinski definition) is 3. The van der Waals surface area contributed by atoms with E-state index < -0.39 is 0 Å². The van der Waals surface area contributed by atoms with Crippen molar-refractivity contribution >= 4 is 5.91 Å². The van der Waals surface area contributed by atoms with Crippen molar-refractivity contribution in [1.29, 1.82) is 0 Å². The van der Waals surface area contributed by atoms with Crippen LogP contribution in [0.4, 0.5) is 0 Å². The fourth-order valence-electron chi connectivity index (χ4n) is 1.41. The Bertz CT molecular complexity index is 446. The Labute approximate surface area is 107 Å². The van der Waals surface area contributed by atoms with Gasteiger partial charge in [-0.2, -0.15) is 0 Å². The third-order valence-corrected chi connectivity index (χ3v) is 2.33. The van der Waals surface area contributed by atoms with Crippen molar-refractivity contribution in [3.8, 4) is 11.8 Å². The average Bonchev–Trinajstić information content (AvgIpc) is 2.41. The number of methoxy groups -OCH3 is 1. The molecule has 0 spiro atoms. The Balaban J connectivity index is 2.58. The molecule has 0 heterocycles. The molecule has 0 radical (unpaired) electrons. The molecule has 1 rings (SSSR count). The smallest absolute Gasteiger partial charge is 0.222 e. The summed E-state index contributed by atoms with van der Waals surface area (Å²) in [5, 5.41) is 11.5. The molecule has 0 unspecified atom stereocenters. The van der Waals surface area contributed by atoms with E-state index in [9.17, 15) is 4.79 Å². The molecule has 2 N–H and O–H groups in total. The Morgan fingerprint density at radius 2 is 2.22 bits per heavy atom. The lowest BCUT2D eigenvalue weighted by molar-refractivity contribution is -0.122. The summed E-state index contributed by atoms with van der Waals surface area (Å²) in [4.78, 5) is 11.4. The van der Waals surface area contributed by atoms with Gasteiger partial charge in [-0.05, 0) is 11.6 Å². The normalized spacial score (nSPS) is 9.44. The number of amides is 1. The molecule has 0 aliphatic rings. The lowest BCUT2D eigenvalue weighted by Crippen LogP contribution is -2.24. The zero-order chi connectivity index (χ0) is 13.2. The number of carbonyl (C=O) groups is 1. The van der Waals surface area contributed by atoms with Crippen LogP contribution >= 0.6 is 0 Å². The van der Waals surface area contributed by atoms with Crippen molar-refractivity contribution in [1.82, 2.24) is 5.32 Å². The monoisotopic (exact) mass is 247 g/mol. The maximum Gasteiger partial charge on any atom is 0.222 e. The molecule has 4 heteroatoms. The molecule has 0 aromatic heterocycles. The van der Waals surface area contributed by atoms with Gasteiger partial charge in [0.15, 0.2) is 0 Å². The highest BCUT2D eigenvalue weighted by Crippen LogP contribution is 2.06. The fourth-order valence-corrected chi connectivity index (χ4v) is 1.41. The van der Waals surface area contributed by atoms with Crippen LogP contribution in [0.15, 0.2) is 24.3 Å². The lowest BCUT2D eigenvalue weighted by Gasteiger charge is -2.07. The van der Waals surface area contributed by atoms with Crippen LogP contribution in [0.1, 0.15) is 17.5 Å². The predicted molar refractivity (Wildman–Crippen MR) is 68.7 cm³/mol. The highest BCUT2D eigenvalue weighted by molar-refractivity contribution is 5.76. The van der Waals surface area contributed by atoms with E-state index in [2.05, 4.69) is 17.2 Å². The molecule has 96 valence electrons. The molecule has 1 aromatic rings. The minimum Gasteiger partial charge on any atom is -0.384 e. The standard InChI is InChI=1S/C14H17NO3/c1-18-10-8-14(17)15-11-13-6-3-2-5-12(13)7-4-9-16/h2-3,5-6,16H,8-11H2,1H3,(H,15,17). The van der Waals surface area contributed by atoms with Crippen LogP contribution in [0.25, 0.3) is 0 Å². The second-order valence-corrected chi connectivity index (χ2v) is 3.64. The van der Waals surface area contributed by atoms with E-state index in [1.807, 2.05) is 24.3 Å². The number of benzene rings is 1. The Morgan fingerprint density at radius 3 is 2.94 bits per heavy atom. The quantitative estimate of drug-likeness (QED) is 0.752. The summed E-state index contributed by atoms with van der Waals surface area (Å²) >= 11 is 0. The minimum absolute atomic E-state index is 0.0539. The van der Waals surface area contributed by atoms with Crippen LogP contribution in [0.2, 0.25) is 0 Å². The summed E-state index contributed by atoms with van der Waals surface area (Å²) in [5.41, 5.74) is 1.75. The van der Waals surface area contributed by atoms with Gasteiger partial charge in [0.1, 0.15) is 6.61 Å². The predicted octanol–water partition coefficient (Wildman–Crippen LogP) is 0.683. The Hall–Kier alpha value is -1.83. The number of rotatable bonds is 5. The van der Waals surface area contributed by atoms with Crippen LogP contribution in [0.5, 0.6) is 0 Å². The summed E-state index contributed by atoms with van der Waals surface area (Å²) in [6, 6.07) is 7.52. The highest BCUT2D eigenvalue weighted by atomic mass is 16.5. The van der Waals surface area contributed by atoms with Crippen molar-refractivity contribution in [2.45, 2.75) is 13.0 Å². The average molecular weight is 247 g/mol. The molecule has 0 fully saturated rings. The maximum absolute atomic E-state index is 11.4. The van der Waals surface area contributed by atoms with Gasteiger partial charge >= 0.3 is 0 Å². The van der Waals surface area contributed by atoms with Gasteiger partial charge in [0.05, 0.1) is 6.61 Å². The molecule has 0 saturated carbocycles.